The van der Waals surface area contributed by atoms with Crippen molar-refractivity contribution in [3.63, 3.8) is 0 Å². The molecule has 0 amide bonds. The summed E-state index contributed by atoms with van der Waals surface area (Å²) in [6.07, 6.45) is -4.18. The average Bonchev–Trinajstić information content (AvgIpc) is 2.69. The number of benzene rings is 2. The lowest BCUT2D eigenvalue weighted by atomic mass is 10.1. The first-order valence-corrected chi connectivity index (χ1v) is 9.47. The van der Waals surface area contributed by atoms with Crippen LogP contribution in [0, 0.1) is 17.5 Å². The standard InChI is InChI=1S/C21H18F6N4O/c1-3-11(2)28-20-29-17(12-5-4-6-14(7-12)32-21(25,26)27)10-18(31-20)30-19-15(23)8-13(22)9-16(19)24/h4-11H,3H2,1-2H3,(H2,28,29,30,31)/t11-/m1/s1. The van der Waals surface area contributed by atoms with Gasteiger partial charge in [-0.2, -0.15) is 4.98 Å². The van der Waals surface area contributed by atoms with Crippen molar-refractivity contribution < 1.29 is 31.1 Å². The number of nitrogens with one attached hydrogen (secondary N) is 2. The van der Waals surface area contributed by atoms with Crippen molar-refractivity contribution in [2.45, 2.75) is 32.7 Å². The summed E-state index contributed by atoms with van der Waals surface area (Å²) in [5.74, 6) is -3.90. The van der Waals surface area contributed by atoms with Crippen molar-refractivity contribution in [1.82, 2.24) is 9.97 Å². The van der Waals surface area contributed by atoms with E-state index in [1.54, 1.807) is 0 Å². The monoisotopic (exact) mass is 456 g/mol. The smallest absolute Gasteiger partial charge is 0.406 e. The molecule has 3 aromatic rings. The summed E-state index contributed by atoms with van der Waals surface area (Å²) >= 11 is 0. The van der Waals surface area contributed by atoms with Crippen LogP contribution in [0.4, 0.5) is 43.8 Å². The molecule has 0 saturated heterocycles. The number of ether oxygens (including phenoxy) is 1. The van der Waals surface area contributed by atoms with Gasteiger partial charge in [0.25, 0.3) is 0 Å². The fourth-order valence-electron chi connectivity index (χ4n) is 2.69. The SMILES string of the molecule is CC[C@@H](C)Nc1nc(Nc2c(F)cc(F)cc2F)cc(-c2cccc(OC(F)(F)F)c2)n1. The quantitative estimate of drug-likeness (QED) is 0.402. The van der Waals surface area contributed by atoms with Gasteiger partial charge in [0.2, 0.25) is 5.95 Å². The van der Waals surface area contributed by atoms with E-state index in [0.717, 1.165) is 12.1 Å². The molecular weight excluding hydrogens is 438 g/mol. The molecule has 1 atom stereocenters. The molecule has 0 aliphatic heterocycles. The highest BCUT2D eigenvalue weighted by atomic mass is 19.4. The van der Waals surface area contributed by atoms with Crippen molar-refractivity contribution >= 4 is 17.5 Å². The minimum absolute atomic E-state index is 0.0626. The molecule has 0 aliphatic carbocycles. The number of hydrogen-bond donors (Lipinski definition) is 2. The van der Waals surface area contributed by atoms with Gasteiger partial charge in [-0.25, -0.2) is 18.2 Å². The molecule has 11 heteroatoms. The van der Waals surface area contributed by atoms with E-state index >= 15 is 0 Å². The number of anilines is 3. The van der Waals surface area contributed by atoms with Crippen LogP contribution in [0.2, 0.25) is 0 Å². The Bertz CT molecular complexity index is 1080. The Labute approximate surface area is 179 Å². The Kier molecular flexibility index (Phi) is 6.75. The van der Waals surface area contributed by atoms with E-state index < -0.39 is 35.3 Å². The Balaban J connectivity index is 2.03. The van der Waals surface area contributed by atoms with Gasteiger partial charge in [0.15, 0.2) is 11.6 Å². The van der Waals surface area contributed by atoms with Crippen LogP contribution >= 0.6 is 0 Å². The number of nitrogens with zero attached hydrogens (tertiary/aromatic N) is 2. The predicted molar refractivity (Wildman–Crippen MR) is 107 cm³/mol. The van der Waals surface area contributed by atoms with E-state index in [9.17, 15) is 26.3 Å². The van der Waals surface area contributed by atoms with Gasteiger partial charge in [-0.05, 0) is 25.5 Å². The molecule has 170 valence electrons. The normalized spacial score (nSPS) is 12.4. The van der Waals surface area contributed by atoms with Crippen LogP contribution < -0.4 is 15.4 Å². The van der Waals surface area contributed by atoms with Crippen LogP contribution in [-0.4, -0.2) is 22.4 Å². The van der Waals surface area contributed by atoms with Crippen molar-refractivity contribution in [3.8, 4) is 17.0 Å². The van der Waals surface area contributed by atoms with Gasteiger partial charge in [-0.3, -0.25) is 0 Å². The van der Waals surface area contributed by atoms with Gasteiger partial charge in [0.05, 0.1) is 5.69 Å². The molecule has 2 aromatic carbocycles. The number of hydrogen-bond acceptors (Lipinski definition) is 5. The lowest BCUT2D eigenvalue weighted by Gasteiger charge is -2.15. The number of halogens is 6. The second kappa shape index (κ2) is 9.33. The molecule has 3 rings (SSSR count). The first-order valence-electron chi connectivity index (χ1n) is 9.47. The molecule has 2 N–H and O–H groups in total. The van der Waals surface area contributed by atoms with Crippen molar-refractivity contribution in [2.24, 2.45) is 0 Å². The molecule has 0 spiro atoms. The van der Waals surface area contributed by atoms with Crippen LogP contribution in [0.5, 0.6) is 5.75 Å². The summed E-state index contributed by atoms with van der Waals surface area (Å²) in [6.45, 7) is 3.75. The number of aromatic nitrogens is 2. The maximum atomic E-state index is 14.1. The lowest BCUT2D eigenvalue weighted by Crippen LogP contribution is -2.17. The summed E-state index contributed by atoms with van der Waals surface area (Å²) < 4.78 is 83.0. The molecule has 0 bridgehead atoms. The molecule has 1 aromatic heterocycles. The van der Waals surface area contributed by atoms with Crippen LogP contribution in [0.25, 0.3) is 11.3 Å². The highest BCUT2D eigenvalue weighted by Gasteiger charge is 2.31. The van der Waals surface area contributed by atoms with Gasteiger partial charge < -0.3 is 15.4 Å². The number of alkyl halides is 3. The van der Waals surface area contributed by atoms with Gasteiger partial charge in [-0.1, -0.05) is 19.1 Å². The largest absolute Gasteiger partial charge is 0.573 e. The summed E-state index contributed by atoms with van der Waals surface area (Å²) in [7, 11) is 0. The van der Waals surface area contributed by atoms with Crippen LogP contribution in [-0.2, 0) is 0 Å². The van der Waals surface area contributed by atoms with E-state index in [1.165, 1.54) is 18.2 Å². The molecule has 0 aliphatic rings. The molecule has 0 fully saturated rings. The van der Waals surface area contributed by atoms with Crippen LogP contribution in [0.1, 0.15) is 20.3 Å². The summed E-state index contributed by atoms with van der Waals surface area (Å²) in [6, 6.07) is 7.29. The summed E-state index contributed by atoms with van der Waals surface area (Å²) in [5, 5.41) is 5.44. The van der Waals surface area contributed by atoms with Gasteiger partial charge in [-0.15, -0.1) is 13.2 Å². The fourth-order valence-corrected chi connectivity index (χ4v) is 2.69. The fraction of sp³-hybridized carbons (Fsp3) is 0.238. The van der Waals surface area contributed by atoms with Crippen molar-refractivity contribution in [3.05, 3.63) is 59.9 Å². The zero-order valence-electron chi connectivity index (χ0n) is 16.9. The molecule has 0 saturated carbocycles. The Morgan fingerprint density at radius 3 is 2.31 bits per heavy atom. The maximum absolute atomic E-state index is 14.1. The van der Waals surface area contributed by atoms with Crippen molar-refractivity contribution in [2.75, 3.05) is 10.6 Å². The van der Waals surface area contributed by atoms with E-state index in [0.29, 0.717) is 18.6 Å². The van der Waals surface area contributed by atoms with E-state index in [1.807, 2.05) is 13.8 Å². The predicted octanol–water partition coefficient (Wildman–Crippen LogP) is 6.41. The second-order valence-electron chi connectivity index (χ2n) is 6.86. The molecular formula is C21H18F6N4O. The highest BCUT2D eigenvalue weighted by Crippen LogP contribution is 2.30. The summed E-state index contributed by atoms with van der Waals surface area (Å²) in [4.78, 5) is 8.44. The lowest BCUT2D eigenvalue weighted by molar-refractivity contribution is -0.274. The van der Waals surface area contributed by atoms with Gasteiger partial charge in [0, 0.05) is 29.8 Å². The molecule has 32 heavy (non-hydrogen) atoms. The maximum Gasteiger partial charge on any atom is 0.573 e. The Hall–Kier alpha value is -3.50. The van der Waals surface area contributed by atoms with E-state index in [-0.39, 0.29) is 29.1 Å². The molecule has 0 radical (unpaired) electrons. The third-order valence-corrected chi connectivity index (χ3v) is 4.34. The molecule has 5 nitrogen and oxygen atoms in total. The molecule has 0 unspecified atom stereocenters. The van der Waals surface area contributed by atoms with Crippen LogP contribution in [0.15, 0.2) is 42.5 Å². The third-order valence-electron chi connectivity index (χ3n) is 4.34. The Morgan fingerprint density at radius 2 is 1.69 bits per heavy atom. The van der Waals surface area contributed by atoms with Gasteiger partial charge in [0.1, 0.15) is 23.1 Å². The highest BCUT2D eigenvalue weighted by molar-refractivity contribution is 5.68. The van der Waals surface area contributed by atoms with E-state index in [4.69, 9.17) is 0 Å². The minimum Gasteiger partial charge on any atom is -0.406 e. The first kappa shape index (κ1) is 23.2. The zero-order chi connectivity index (χ0) is 23.5. The van der Waals surface area contributed by atoms with Gasteiger partial charge >= 0.3 is 6.36 Å². The molecule has 1 heterocycles. The number of rotatable bonds is 7. The first-order chi connectivity index (χ1) is 15.0. The second-order valence-corrected chi connectivity index (χ2v) is 6.86. The Morgan fingerprint density at radius 1 is 1.00 bits per heavy atom. The van der Waals surface area contributed by atoms with E-state index in [2.05, 4.69) is 25.3 Å². The topological polar surface area (TPSA) is 59.1 Å². The third kappa shape index (κ3) is 6.02. The van der Waals surface area contributed by atoms with Crippen LogP contribution in [0.3, 0.4) is 0 Å². The zero-order valence-corrected chi connectivity index (χ0v) is 16.9. The average molecular weight is 456 g/mol. The minimum atomic E-state index is -4.88. The summed E-state index contributed by atoms with van der Waals surface area (Å²) in [5.41, 5.74) is -0.243. The van der Waals surface area contributed by atoms with Crippen molar-refractivity contribution in [1.29, 1.82) is 0 Å².